The number of amidine groups is 1. The molecule has 1 heterocycles. The van der Waals surface area contributed by atoms with Gasteiger partial charge in [0, 0.05) is 19.3 Å². The fourth-order valence-corrected chi connectivity index (χ4v) is 2.39. The highest BCUT2D eigenvalue weighted by Gasteiger charge is 2.21. The van der Waals surface area contributed by atoms with Gasteiger partial charge in [-0.2, -0.15) is 0 Å². The Kier molecular flexibility index (Phi) is 4.57. The number of thioether (sulfide) groups is 1. The average Bonchev–Trinajstić information content (AvgIpc) is 2.91. The van der Waals surface area contributed by atoms with Gasteiger partial charge in [-0.1, -0.05) is 42.1 Å². The molecule has 0 saturated heterocycles. The van der Waals surface area contributed by atoms with Crippen LogP contribution in [-0.2, 0) is 16.1 Å². The van der Waals surface area contributed by atoms with Crippen molar-refractivity contribution in [2.45, 2.75) is 6.54 Å². The van der Waals surface area contributed by atoms with Crippen molar-refractivity contribution in [2.75, 3.05) is 19.3 Å². The van der Waals surface area contributed by atoms with Crippen LogP contribution in [0.3, 0.4) is 0 Å². The van der Waals surface area contributed by atoms with E-state index in [-0.39, 0.29) is 0 Å². The maximum atomic E-state index is 11.9. The van der Waals surface area contributed by atoms with E-state index in [4.69, 9.17) is 0 Å². The van der Waals surface area contributed by atoms with E-state index >= 15 is 0 Å². The molecule has 0 bridgehead atoms. The summed E-state index contributed by atoms with van der Waals surface area (Å²) in [6.07, 6.45) is 0. The minimum atomic E-state index is -0.633. The van der Waals surface area contributed by atoms with Crippen LogP contribution in [0.25, 0.3) is 0 Å². The third-order valence-electron chi connectivity index (χ3n) is 2.61. The lowest BCUT2D eigenvalue weighted by Crippen LogP contribution is -2.42. The largest absolute Gasteiger partial charge is 0.333 e. The molecular formula is C13H15N3O2S. The number of nitrogens with one attached hydrogen (secondary N) is 1. The summed E-state index contributed by atoms with van der Waals surface area (Å²) in [7, 11) is 1.61. The molecule has 0 saturated carbocycles. The number of rotatable bonds is 2. The van der Waals surface area contributed by atoms with Gasteiger partial charge >= 0.3 is 11.8 Å². The van der Waals surface area contributed by atoms with Crippen molar-refractivity contribution >= 4 is 28.7 Å². The first kappa shape index (κ1) is 13.6. The predicted octanol–water partition coefficient (Wildman–Crippen LogP) is 0.864. The molecule has 1 aliphatic rings. The number of nitrogens with zero attached hydrogens (tertiary/aromatic N) is 2. The fraction of sp³-hybridized carbons (Fsp3) is 0.308. The summed E-state index contributed by atoms with van der Waals surface area (Å²) in [5.74, 6) is -0.338. The van der Waals surface area contributed by atoms with Gasteiger partial charge in [-0.15, -0.1) is 0 Å². The van der Waals surface area contributed by atoms with Gasteiger partial charge in [0.25, 0.3) is 0 Å². The van der Waals surface area contributed by atoms with Crippen molar-refractivity contribution in [2.24, 2.45) is 4.99 Å². The van der Waals surface area contributed by atoms with E-state index < -0.39 is 11.8 Å². The number of carbonyl (C=O) groups excluding carboxylic acids is 2. The van der Waals surface area contributed by atoms with Crippen LogP contribution in [0.15, 0.2) is 35.3 Å². The first-order valence-electron chi connectivity index (χ1n) is 5.94. The molecule has 0 aromatic heterocycles. The number of amides is 2. The maximum Gasteiger partial charge on any atom is 0.315 e. The van der Waals surface area contributed by atoms with Gasteiger partial charge in [-0.25, -0.2) is 0 Å². The first-order chi connectivity index (χ1) is 9.16. The molecule has 1 aliphatic heterocycles. The lowest BCUT2D eigenvalue weighted by molar-refractivity contribution is -0.144. The van der Waals surface area contributed by atoms with Crippen LogP contribution in [0.2, 0.25) is 0 Å². The Hall–Kier alpha value is -1.82. The third-order valence-corrected chi connectivity index (χ3v) is 3.50. The van der Waals surface area contributed by atoms with Gasteiger partial charge in [0.05, 0.1) is 6.54 Å². The van der Waals surface area contributed by atoms with Gasteiger partial charge in [0.15, 0.2) is 5.17 Å². The van der Waals surface area contributed by atoms with Crippen molar-refractivity contribution < 1.29 is 9.59 Å². The van der Waals surface area contributed by atoms with Crippen LogP contribution in [0.4, 0.5) is 0 Å². The molecule has 100 valence electrons. The standard InChI is InChI=1S/C13H15N3O2S/c1-16(9-10-5-3-2-4-6-10)12(18)11(17)15-13-14-7-8-19-13/h2-6H,7-9H2,1H3,(H,14,15,17). The second kappa shape index (κ2) is 6.38. The molecule has 2 rings (SSSR count). The number of hydrogen-bond donors (Lipinski definition) is 1. The van der Waals surface area contributed by atoms with Crippen LogP contribution in [0.5, 0.6) is 0 Å². The van der Waals surface area contributed by atoms with E-state index in [1.165, 1.54) is 16.7 Å². The summed E-state index contributed by atoms with van der Waals surface area (Å²) in [5, 5.41) is 3.06. The minimum Gasteiger partial charge on any atom is -0.333 e. The van der Waals surface area contributed by atoms with Crippen LogP contribution in [0.1, 0.15) is 5.56 Å². The molecule has 0 unspecified atom stereocenters. The highest BCUT2D eigenvalue weighted by atomic mass is 32.2. The number of likely N-dealkylation sites (N-methyl/N-ethyl adjacent to an activating group) is 1. The van der Waals surface area contributed by atoms with Gasteiger partial charge in [0.1, 0.15) is 0 Å². The zero-order valence-corrected chi connectivity index (χ0v) is 11.4. The number of benzene rings is 1. The van der Waals surface area contributed by atoms with Gasteiger partial charge < -0.3 is 4.90 Å². The molecule has 5 nitrogen and oxygen atoms in total. The lowest BCUT2D eigenvalue weighted by Gasteiger charge is -2.16. The van der Waals surface area contributed by atoms with E-state index in [9.17, 15) is 9.59 Å². The second-order valence-electron chi connectivity index (χ2n) is 4.14. The smallest absolute Gasteiger partial charge is 0.315 e. The Labute approximate surface area is 116 Å². The number of carbonyl (C=O) groups is 2. The molecule has 0 spiro atoms. The quantitative estimate of drug-likeness (QED) is 0.816. The molecule has 0 radical (unpaired) electrons. The lowest BCUT2D eigenvalue weighted by atomic mass is 10.2. The fourth-order valence-electron chi connectivity index (χ4n) is 1.66. The summed E-state index contributed by atoms with van der Waals surface area (Å²) >= 11 is 1.45. The van der Waals surface area contributed by atoms with E-state index in [1.807, 2.05) is 30.3 Å². The molecule has 0 fully saturated rings. The highest BCUT2D eigenvalue weighted by Crippen LogP contribution is 2.09. The Morgan fingerprint density at radius 3 is 2.74 bits per heavy atom. The Balaban J connectivity index is 1.89. The molecular weight excluding hydrogens is 262 g/mol. The normalized spacial score (nSPS) is 13.8. The van der Waals surface area contributed by atoms with E-state index in [0.29, 0.717) is 18.3 Å². The van der Waals surface area contributed by atoms with Gasteiger partial charge in [0.2, 0.25) is 0 Å². The number of hydrogen-bond acceptors (Lipinski definition) is 4. The zero-order valence-electron chi connectivity index (χ0n) is 10.6. The summed E-state index contributed by atoms with van der Waals surface area (Å²) < 4.78 is 0. The molecule has 19 heavy (non-hydrogen) atoms. The third kappa shape index (κ3) is 3.82. The first-order valence-corrected chi connectivity index (χ1v) is 6.93. The van der Waals surface area contributed by atoms with Crippen molar-refractivity contribution in [3.8, 4) is 0 Å². The van der Waals surface area contributed by atoms with Crippen LogP contribution in [0, 0.1) is 0 Å². The van der Waals surface area contributed by atoms with Crippen LogP contribution >= 0.6 is 11.8 Å². The van der Waals surface area contributed by atoms with Gasteiger partial charge in [-0.05, 0) is 5.56 Å². The molecule has 1 aromatic carbocycles. The van der Waals surface area contributed by atoms with Crippen molar-refractivity contribution in [3.05, 3.63) is 35.9 Å². The monoisotopic (exact) mass is 277 g/mol. The molecule has 0 aliphatic carbocycles. The van der Waals surface area contributed by atoms with Crippen LogP contribution in [-0.4, -0.2) is 41.2 Å². The molecule has 0 atom stereocenters. The maximum absolute atomic E-state index is 11.9. The van der Waals surface area contributed by atoms with Crippen molar-refractivity contribution in [3.63, 3.8) is 0 Å². The summed E-state index contributed by atoms with van der Waals surface area (Å²) in [6.45, 7) is 1.10. The highest BCUT2D eigenvalue weighted by molar-refractivity contribution is 8.14. The van der Waals surface area contributed by atoms with Gasteiger partial charge in [-0.3, -0.25) is 19.9 Å². The summed E-state index contributed by atoms with van der Waals surface area (Å²) in [6, 6.07) is 9.54. The molecule has 2 amide bonds. The van der Waals surface area contributed by atoms with E-state index in [0.717, 1.165) is 11.3 Å². The molecule has 1 aromatic rings. The SMILES string of the molecule is CN(Cc1ccccc1)C(=O)C(=O)NC1=NCCS1. The van der Waals surface area contributed by atoms with Crippen LogP contribution < -0.4 is 5.32 Å². The number of aliphatic imine (C=N–C) groups is 1. The average molecular weight is 277 g/mol. The molecule has 6 heteroatoms. The minimum absolute atomic E-state index is 0.409. The Bertz CT molecular complexity index is 502. The topological polar surface area (TPSA) is 61.8 Å². The van der Waals surface area contributed by atoms with Crippen molar-refractivity contribution in [1.82, 2.24) is 10.2 Å². The zero-order chi connectivity index (χ0) is 13.7. The van der Waals surface area contributed by atoms with Crippen molar-refractivity contribution in [1.29, 1.82) is 0 Å². The van der Waals surface area contributed by atoms with E-state index in [2.05, 4.69) is 10.3 Å². The molecule has 1 N–H and O–H groups in total. The summed E-state index contributed by atoms with van der Waals surface area (Å²) in [4.78, 5) is 29.1. The Morgan fingerprint density at radius 2 is 2.11 bits per heavy atom. The second-order valence-corrected chi connectivity index (χ2v) is 5.22. The predicted molar refractivity (Wildman–Crippen MR) is 75.8 cm³/mol. The Morgan fingerprint density at radius 1 is 1.37 bits per heavy atom. The summed E-state index contributed by atoms with van der Waals surface area (Å²) in [5.41, 5.74) is 0.985. The van der Waals surface area contributed by atoms with E-state index in [1.54, 1.807) is 7.05 Å².